The van der Waals surface area contributed by atoms with Crippen molar-refractivity contribution in [2.75, 3.05) is 19.6 Å². The second-order valence-corrected chi connectivity index (χ2v) is 6.34. The number of carbonyl (C=O) groups is 1. The van der Waals surface area contributed by atoms with E-state index in [2.05, 4.69) is 10.2 Å². The van der Waals surface area contributed by atoms with Crippen molar-refractivity contribution < 1.29 is 9.90 Å². The zero-order valence-electron chi connectivity index (χ0n) is 12.4. The molecule has 1 aliphatic carbocycles. The third-order valence-electron chi connectivity index (χ3n) is 4.43. The van der Waals surface area contributed by atoms with E-state index < -0.39 is 0 Å². The normalized spacial score (nSPS) is 22.0. The Hall–Kier alpha value is -1.55. The Balaban J connectivity index is 1.61. The van der Waals surface area contributed by atoms with Crippen LogP contribution in [0.4, 0.5) is 0 Å². The molecule has 21 heavy (non-hydrogen) atoms. The lowest BCUT2D eigenvalue weighted by Crippen LogP contribution is -2.42. The lowest BCUT2D eigenvalue weighted by molar-refractivity contribution is -0.131. The van der Waals surface area contributed by atoms with Crippen LogP contribution in [-0.4, -0.2) is 41.6 Å². The third-order valence-corrected chi connectivity index (χ3v) is 4.43. The Bertz CT molecular complexity index is 493. The Kier molecular flexibility index (Phi) is 4.44. The third kappa shape index (κ3) is 3.97. The Labute approximate surface area is 126 Å². The van der Waals surface area contributed by atoms with Crippen LogP contribution in [0.25, 0.3) is 0 Å². The Morgan fingerprint density at radius 2 is 2.19 bits per heavy atom. The maximum Gasteiger partial charge on any atom is 0.227 e. The van der Waals surface area contributed by atoms with Crippen molar-refractivity contribution in [3.8, 4) is 5.75 Å². The standard InChI is InChI=1S/C17H24N2O2/c20-16-5-1-3-13(9-16)10-17(21)19(15-6-7-15)12-14-4-2-8-18-11-14/h1,3,5,9,14-15,18,20H,2,4,6-8,10-12H2. The number of benzene rings is 1. The lowest BCUT2D eigenvalue weighted by atomic mass is 9.98. The van der Waals surface area contributed by atoms with Gasteiger partial charge in [-0.1, -0.05) is 12.1 Å². The van der Waals surface area contributed by atoms with E-state index in [1.54, 1.807) is 18.2 Å². The lowest BCUT2D eigenvalue weighted by Gasteiger charge is -2.30. The molecule has 2 aliphatic rings. The minimum Gasteiger partial charge on any atom is -0.508 e. The summed E-state index contributed by atoms with van der Waals surface area (Å²) in [6.07, 6.45) is 5.11. The summed E-state index contributed by atoms with van der Waals surface area (Å²) < 4.78 is 0. The molecule has 1 unspecified atom stereocenters. The number of hydrogen-bond donors (Lipinski definition) is 2. The van der Waals surface area contributed by atoms with Gasteiger partial charge in [-0.2, -0.15) is 0 Å². The van der Waals surface area contributed by atoms with E-state index >= 15 is 0 Å². The first-order valence-electron chi connectivity index (χ1n) is 8.00. The summed E-state index contributed by atoms with van der Waals surface area (Å²) in [5, 5.41) is 12.9. The predicted octanol–water partition coefficient (Wildman–Crippen LogP) is 1.93. The van der Waals surface area contributed by atoms with Gasteiger partial charge in [0.25, 0.3) is 0 Å². The molecule has 2 N–H and O–H groups in total. The van der Waals surface area contributed by atoms with Crippen LogP contribution in [-0.2, 0) is 11.2 Å². The van der Waals surface area contributed by atoms with Crippen LogP contribution in [0.5, 0.6) is 5.75 Å². The molecule has 1 heterocycles. The molecule has 4 heteroatoms. The summed E-state index contributed by atoms with van der Waals surface area (Å²) in [5.41, 5.74) is 0.896. The maximum absolute atomic E-state index is 12.6. The summed E-state index contributed by atoms with van der Waals surface area (Å²) >= 11 is 0. The van der Waals surface area contributed by atoms with Crippen molar-refractivity contribution in [1.29, 1.82) is 0 Å². The second-order valence-electron chi connectivity index (χ2n) is 6.34. The zero-order chi connectivity index (χ0) is 14.7. The van der Waals surface area contributed by atoms with E-state index in [0.29, 0.717) is 18.4 Å². The van der Waals surface area contributed by atoms with Crippen LogP contribution >= 0.6 is 0 Å². The van der Waals surface area contributed by atoms with Crippen LogP contribution in [0.1, 0.15) is 31.2 Å². The topological polar surface area (TPSA) is 52.6 Å². The molecule has 1 amide bonds. The van der Waals surface area contributed by atoms with E-state index in [0.717, 1.165) is 38.0 Å². The van der Waals surface area contributed by atoms with Gasteiger partial charge in [0.1, 0.15) is 5.75 Å². The average molecular weight is 288 g/mol. The van der Waals surface area contributed by atoms with Gasteiger partial charge < -0.3 is 15.3 Å². The van der Waals surface area contributed by atoms with Gasteiger partial charge in [0.05, 0.1) is 6.42 Å². The van der Waals surface area contributed by atoms with E-state index in [-0.39, 0.29) is 11.7 Å². The highest BCUT2D eigenvalue weighted by Crippen LogP contribution is 2.29. The van der Waals surface area contributed by atoms with Crippen LogP contribution in [0.3, 0.4) is 0 Å². The van der Waals surface area contributed by atoms with Crippen LogP contribution < -0.4 is 5.32 Å². The van der Waals surface area contributed by atoms with E-state index in [1.807, 2.05) is 6.07 Å². The quantitative estimate of drug-likeness (QED) is 0.870. The summed E-state index contributed by atoms with van der Waals surface area (Å²) in [4.78, 5) is 14.7. The van der Waals surface area contributed by atoms with Gasteiger partial charge in [0.15, 0.2) is 0 Å². The molecule has 0 bridgehead atoms. The second kappa shape index (κ2) is 6.48. The summed E-state index contributed by atoms with van der Waals surface area (Å²) in [7, 11) is 0. The minimum atomic E-state index is 0.202. The van der Waals surface area contributed by atoms with Crippen molar-refractivity contribution >= 4 is 5.91 Å². The fraction of sp³-hybridized carbons (Fsp3) is 0.588. The van der Waals surface area contributed by atoms with Gasteiger partial charge in [-0.25, -0.2) is 0 Å². The van der Waals surface area contributed by atoms with Crippen LogP contribution in [0.15, 0.2) is 24.3 Å². The zero-order valence-corrected chi connectivity index (χ0v) is 12.4. The fourth-order valence-corrected chi connectivity index (χ4v) is 3.14. The highest BCUT2D eigenvalue weighted by Gasteiger charge is 2.34. The number of phenols is 1. The summed E-state index contributed by atoms with van der Waals surface area (Å²) in [5.74, 6) is 1.02. The van der Waals surface area contributed by atoms with Gasteiger partial charge >= 0.3 is 0 Å². The van der Waals surface area contributed by atoms with E-state index in [9.17, 15) is 9.90 Å². The number of nitrogens with zero attached hydrogens (tertiary/aromatic N) is 1. The van der Waals surface area contributed by atoms with E-state index in [4.69, 9.17) is 0 Å². The minimum absolute atomic E-state index is 0.202. The molecule has 1 saturated carbocycles. The summed E-state index contributed by atoms with van der Waals surface area (Å²) in [6.45, 7) is 3.02. The molecule has 1 aromatic rings. The molecule has 114 valence electrons. The predicted molar refractivity (Wildman–Crippen MR) is 82.1 cm³/mol. The van der Waals surface area contributed by atoms with Crippen molar-refractivity contribution in [2.24, 2.45) is 5.92 Å². The number of carbonyl (C=O) groups excluding carboxylic acids is 1. The van der Waals surface area contributed by atoms with Gasteiger partial charge in [0.2, 0.25) is 5.91 Å². The smallest absolute Gasteiger partial charge is 0.227 e. The Morgan fingerprint density at radius 1 is 1.33 bits per heavy atom. The van der Waals surface area contributed by atoms with Crippen molar-refractivity contribution in [2.45, 2.75) is 38.1 Å². The molecule has 4 nitrogen and oxygen atoms in total. The fourth-order valence-electron chi connectivity index (χ4n) is 3.14. The molecule has 3 rings (SSSR count). The number of rotatable bonds is 5. The SMILES string of the molecule is O=C(Cc1cccc(O)c1)N(CC1CCCNC1)C1CC1. The average Bonchev–Trinajstić information content (AvgIpc) is 3.30. The molecule has 0 spiro atoms. The molecule has 0 radical (unpaired) electrons. The van der Waals surface area contributed by atoms with Gasteiger partial charge in [-0.05, 0) is 62.4 Å². The number of nitrogens with one attached hydrogen (secondary N) is 1. The van der Waals surface area contributed by atoms with Crippen molar-refractivity contribution in [3.05, 3.63) is 29.8 Å². The molecule has 0 aromatic heterocycles. The first kappa shape index (κ1) is 14.4. The van der Waals surface area contributed by atoms with Gasteiger partial charge in [0, 0.05) is 12.6 Å². The van der Waals surface area contributed by atoms with Crippen molar-refractivity contribution in [1.82, 2.24) is 10.2 Å². The monoisotopic (exact) mass is 288 g/mol. The number of aromatic hydroxyl groups is 1. The van der Waals surface area contributed by atoms with Gasteiger partial charge in [-0.15, -0.1) is 0 Å². The van der Waals surface area contributed by atoms with Gasteiger partial charge in [-0.3, -0.25) is 4.79 Å². The number of hydrogen-bond acceptors (Lipinski definition) is 3. The van der Waals surface area contributed by atoms with Crippen LogP contribution in [0, 0.1) is 5.92 Å². The summed E-state index contributed by atoms with van der Waals surface area (Å²) in [6, 6.07) is 7.48. The van der Waals surface area contributed by atoms with E-state index in [1.165, 1.54) is 12.8 Å². The molecule has 2 fully saturated rings. The number of amides is 1. The Morgan fingerprint density at radius 3 is 2.86 bits per heavy atom. The first-order chi connectivity index (χ1) is 10.2. The molecular weight excluding hydrogens is 264 g/mol. The maximum atomic E-state index is 12.6. The highest BCUT2D eigenvalue weighted by atomic mass is 16.3. The highest BCUT2D eigenvalue weighted by molar-refractivity contribution is 5.79. The molecule has 1 atom stereocenters. The molecule has 1 aromatic carbocycles. The largest absolute Gasteiger partial charge is 0.508 e. The first-order valence-corrected chi connectivity index (χ1v) is 8.00. The van der Waals surface area contributed by atoms with Crippen molar-refractivity contribution in [3.63, 3.8) is 0 Å². The van der Waals surface area contributed by atoms with Crippen LogP contribution in [0.2, 0.25) is 0 Å². The molecule has 1 saturated heterocycles. The molecular formula is C17H24N2O2. The molecule has 1 aliphatic heterocycles. The number of piperidine rings is 1. The number of phenolic OH excluding ortho intramolecular Hbond substituents is 1.